The molecule has 0 atom stereocenters. The molecule has 0 unspecified atom stereocenters. The Morgan fingerprint density at radius 2 is 1.55 bits per heavy atom. The van der Waals surface area contributed by atoms with Crippen LogP contribution >= 0.6 is 0 Å². The molecular formula is C24H30N2O4S. The third-order valence-electron chi connectivity index (χ3n) is 6.28. The van der Waals surface area contributed by atoms with Crippen LogP contribution in [-0.2, 0) is 20.2 Å². The van der Waals surface area contributed by atoms with E-state index in [1.807, 2.05) is 24.3 Å². The summed E-state index contributed by atoms with van der Waals surface area (Å²) in [6.07, 6.45) is 0.926. The number of hydrogen-bond acceptors (Lipinski definition) is 4. The van der Waals surface area contributed by atoms with Crippen molar-refractivity contribution in [3.63, 3.8) is 0 Å². The molecule has 1 spiro atoms. The minimum Gasteiger partial charge on any atom is -0.358 e. The maximum absolute atomic E-state index is 13.2. The standard InChI is InChI=1S/C24H30N2O4S/c1-23(2,3)20-11-9-19(10-12-20)22(27)25-15-13-24(14-16-25)26(17-18-30-24)31(28,29)21-7-5-4-6-8-21/h4-12H,13-18H2,1-3H3. The van der Waals surface area contributed by atoms with Crippen LogP contribution in [0.5, 0.6) is 0 Å². The summed E-state index contributed by atoms with van der Waals surface area (Å²) in [5.74, 6) is -0.0224. The van der Waals surface area contributed by atoms with Crippen molar-refractivity contribution in [2.45, 2.75) is 49.6 Å². The minimum atomic E-state index is -3.65. The number of benzene rings is 2. The van der Waals surface area contributed by atoms with Crippen LogP contribution in [0.1, 0.15) is 49.5 Å². The highest BCUT2D eigenvalue weighted by molar-refractivity contribution is 7.89. The summed E-state index contributed by atoms with van der Waals surface area (Å²) < 4.78 is 33.9. The van der Waals surface area contributed by atoms with Gasteiger partial charge in [-0.25, -0.2) is 8.42 Å². The van der Waals surface area contributed by atoms with Gasteiger partial charge >= 0.3 is 0 Å². The topological polar surface area (TPSA) is 66.9 Å². The van der Waals surface area contributed by atoms with Crippen LogP contribution in [0.25, 0.3) is 0 Å². The van der Waals surface area contributed by atoms with Gasteiger partial charge in [0.1, 0.15) is 5.72 Å². The number of nitrogens with zero attached hydrogens (tertiary/aromatic N) is 2. The van der Waals surface area contributed by atoms with Gasteiger partial charge in [-0.05, 0) is 35.2 Å². The van der Waals surface area contributed by atoms with E-state index in [0.29, 0.717) is 44.6 Å². The van der Waals surface area contributed by atoms with Crippen molar-refractivity contribution >= 4 is 15.9 Å². The summed E-state index contributed by atoms with van der Waals surface area (Å²) in [7, 11) is -3.65. The SMILES string of the molecule is CC(C)(C)c1ccc(C(=O)N2CCC3(CC2)OCCN3S(=O)(=O)c2ccccc2)cc1. The third kappa shape index (κ3) is 4.14. The lowest BCUT2D eigenvalue weighted by molar-refractivity contribution is -0.0857. The average Bonchev–Trinajstić information content (AvgIpc) is 3.18. The van der Waals surface area contributed by atoms with Crippen LogP contribution in [0, 0.1) is 0 Å². The number of piperidine rings is 1. The first-order chi connectivity index (χ1) is 14.6. The zero-order valence-corrected chi connectivity index (χ0v) is 19.2. The van der Waals surface area contributed by atoms with Gasteiger partial charge in [0.2, 0.25) is 10.0 Å². The van der Waals surface area contributed by atoms with Crippen molar-refractivity contribution in [1.29, 1.82) is 0 Å². The van der Waals surface area contributed by atoms with Crippen molar-refractivity contribution in [3.8, 4) is 0 Å². The number of carbonyl (C=O) groups is 1. The number of hydrogen-bond donors (Lipinski definition) is 0. The lowest BCUT2D eigenvalue weighted by Gasteiger charge is -2.42. The van der Waals surface area contributed by atoms with Crippen molar-refractivity contribution in [3.05, 3.63) is 65.7 Å². The van der Waals surface area contributed by atoms with Crippen LogP contribution in [0.3, 0.4) is 0 Å². The lowest BCUT2D eigenvalue weighted by Crippen LogP contribution is -2.55. The van der Waals surface area contributed by atoms with Gasteiger partial charge in [-0.2, -0.15) is 4.31 Å². The molecule has 2 aliphatic heterocycles. The number of rotatable bonds is 3. The van der Waals surface area contributed by atoms with Gasteiger partial charge in [-0.15, -0.1) is 0 Å². The van der Waals surface area contributed by atoms with Crippen LogP contribution in [0.4, 0.5) is 0 Å². The van der Waals surface area contributed by atoms with E-state index in [1.54, 1.807) is 35.2 Å². The van der Waals surface area contributed by atoms with E-state index in [-0.39, 0.29) is 16.2 Å². The van der Waals surface area contributed by atoms with Crippen molar-refractivity contribution < 1.29 is 17.9 Å². The minimum absolute atomic E-state index is 0.0224. The highest BCUT2D eigenvalue weighted by Gasteiger charge is 2.51. The highest BCUT2D eigenvalue weighted by atomic mass is 32.2. The molecule has 0 radical (unpaired) electrons. The second-order valence-corrected chi connectivity index (χ2v) is 11.2. The first-order valence-electron chi connectivity index (χ1n) is 10.8. The number of carbonyl (C=O) groups excluding carboxylic acids is 1. The molecule has 4 rings (SSSR count). The van der Waals surface area contributed by atoms with E-state index < -0.39 is 15.7 Å². The van der Waals surface area contributed by atoms with Crippen LogP contribution < -0.4 is 0 Å². The molecule has 0 aromatic heterocycles. The molecule has 0 aliphatic carbocycles. The van der Waals surface area contributed by atoms with Crippen LogP contribution in [0.2, 0.25) is 0 Å². The highest BCUT2D eigenvalue weighted by Crippen LogP contribution is 2.38. The fourth-order valence-electron chi connectivity index (χ4n) is 4.40. The monoisotopic (exact) mass is 442 g/mol. The van der Waals surface area contributed by atoms with E-state index in [9.17, 15) is 13.2 Å². The second-order valence-electron chi connectivity index (χ2n) is 9.30. The van der Waals surface area contributed by atoms with E-state index in [1.165, 1.54) is 9.87 Å². The van der Waals surface area contributed by atoms with Crippen molar-refractivity contribution in [2.75, 3.05) is 26.2 Å². The lowest BCUT2D eigenvalue weighted by atomic mass is 9.86. The smallest absolute Gasteiger partial charge is 0.253 e. The molecule has 0 bridgehead atoms. The normalized spacial score (nSPS) is 19.6. The summed E-state index contributed by atoms with van der Waals surface area (Å²) in [5.41, 5.74) is 1.00. The molecule has 2 aromatic rings. The molecule has 2 saturated heterocycles. The zero-order valence-electron chi connectivity index (χ0n) is 18.4. The molecule has 1 amide bonds. The van der Waals surface area contributed by atoms with E-state index in [2.05, 4.69) is 20.8 Å². The predicted octanol–water partition coefficient (Wildman–Crippen LogP) is 3.64. The summed E-state index contributed by atoms with van der Waals surface area (Å²) in [6, 6.07) is 16.2. The molecule has 2 aliphatic rings. The summed E-state index contributed by atoms with van der Waals surface area (Å²) in [5, 5.41) is 0. The number of sulfonamides is 1. The molecule has 6 nitrogen and oxygen atoms in total. The summed E-state index contributed by atoms with van der Waals surface area (Å²) in [4.78, 5) is 15.1. The fraction of sp³-hybridized carbons (Fsp3) is 0.458. The van der Waals surface area contributed by atoms with E-state index in [4.69, 9.17) is 4.74 Å². The molecular weight excluding hydrogens is 412 g/mol. The zero-order chi connectivity index (χ0) is 22.3. The van der Waals surface area contributed by atoms with E-state index in [0.717, 1.165) is 0 Å². The average molecular weight is 443 g/mol. The van der Waals surface area contributed by atoms with Gasteiger partial charge in [-0.1, -0.05) is 51.1 Å². The maximum Gasteiger partial charge on any atom is 0.253 e. The van der Waals surface area contributed by atoms with Crippen LogP contribution in [0.15, 0.2) is 59.5 Å². The Morgan fingerprint density at radius 3 is 2.13 bits per heavy atom. The summed E-state index contributed by atoms with van der Waals surface area (Å²) in [6.45, 7) is 8.05. The Hall–Kier alpha value is -2.22. The Kier molecular flexibility index (Phi) is 5.70. The predicted molar refractivity (Wildman–Crippen MR) is 119 cm³/mol. The fourth-order valence-corrected chi connectivity index (χ4v) is 6.15. The Balaban J connectivity index is 1.48. The Morgan fingerprint density at radius 1 is 0.935 bits per heavy atom. The molecule has 0 saturated carbocycles. The van der Waals surface area contributed by atoms with Gasteiger partial charge in [-0.3, -0.25) is 4.79 Å². The van der Waals surface area contributed by atoms with Crippen LogP contribution in [-0.4, -0.2) is 55.5 Å². The molecule has 0 N–H and O–H groups in total. The first kappa shape index (κ1) is 22.0. The third-order valence-corrected chi connectivity index (χ3v) is 8.24. The van der Waals surface area contributed by atoms with Gasteiger partial charge in [0.25, 0.3) is 5.91 Å². The molecule has 31 heavy (non-hydrogen) atoms. The number of likely N-dealkylation sites (tertiary alicyclic amines) is 1. The molecule has 7 heteroatoms. The Bertz CT molecular complexity index is 1040. The van der Waals surface area contributed by atoms with Gasteiger partial charge < -0.3 is 9.64 Å². The summed E-state index contributed by atoms with van der Waals surface area (Å²) >= 11 is 0. The van der Waals surface area contributed by atoms with E-state index >= 15 is 0 Å². The largest absolute Gasteiger partial charge is 0.358 e. The quantitative estimate of drug-likeness (QED) is 0.728. The second kappa shape index (κ2) is 8.04. The molecule has 166 valence electrons. The first-order valence-corrected chi connectivity index (χ1v) is 12.2. The van der Waals surface area contributed by atoms with Crippen molar-refractivity contribution in [1.82, 2.24) is 9.21 Å². The van der Waals surface area contributed by atoms with Crippen molar-refractivity contribution in [2.24, 2.45) is 0 Å². The molecule has 2 heterocycles. The van der Waals surface area contributed by atoms with Gasteiger partial charge in [0.05, 0.1) is 11.5 Å². The molecule has 2 fully saturated rings. The van der Waals surface area contributed by atoms with Gasteiger partial charge in [0.15, 0.2) is 0 Å². The number of ether oxygens (including phenoxy) is 1. The Labute approximate surface area is 184 Å². The van der Waals surface area contributed by atoms with Gasteiger partial charge in [0, 0.05) is 38.0 Å². The molecule has 2 aromatic carbocycles. The maximum atomic E-state index is 13.2. The number of amides is 1.